The molecule has 1 aliphatic rings. The number of halogens is 2. The maximum absolute atomic E-state index is 13.1. The molecule has 0 bridgehead atoms. The number of nitrogens with zero attached hydrogens (tertiary/aromatic N) is 1. The molecule has 1 heterocycles. The second-order valence-electron chi connectivity index (χ2n) is 6.34. The van der Waals surface area contributed by atoms with Gasteiger partial charge in [-0.2, -0.15) is 0 Å². The third kappa shape index (κ3) is 5.65. The molecule has 0 aliphatic carbocycles. The van der Waals surface area contributed by atoms with E-state index in [0.29, 0.717) is 44.8 Å². The molecule has 162 valence electrons. The van der Waals surface area contributed by atoms with Crippen molar-refractivity contribution in [3.05, 3.63) is 62.7 Å². The van der Waals surface area contributed by atoms with Crippen LogP contribution in [0.5, 0.6) is 11.5 Å². The van der Waals surface area contributed by atoms with E-state index >= 15 is 0 Å². The van der Waals surface area contributed by atoms with E-state index < -0.39 is 23.7 Å². The Balaban J connectivity index is 1.85. The third-order valence-electron chi connectivity index (χ3n) is 4.09. The first-order chi connectivity index (χ1) is 14.8. The normalized spacial score (nSPS) is 14.9. The van der Waals surface area contributed by atoms with Gasteiger partial charge in [-0.1, -0.05) is 12.1 Å². The van der Waals surface area contributed by atoms with Gasteiger partial charge >= 0.3 is 5.97 Å². The second kappa shape index (κ2) is 9.97. The molecule has 1 fully saturated rings. The number of carboxylic acids is 1. The van der Waals surface area contributed by atoms with E-state index in [1.807, 2.05) is 6.92 Å². The van der Waals surface area contributed by atoms with Crippen molar-refractivity contribution >= 4 is 50.9 Å². The summed E-state index contributed by atoms with van der Waals surface area (Å²) in [6.45, 7) is 1.66. The predicted octanol–water partition coefficient (Wildman–Crippen LogP) is 4.69. The second-order valence-corrected chi connectivity index (χ2v) is 8.19. The number of hydrogen-bond acceptors (Lipinski definition) is 6. The van der Waals surface area contributed by atoms with E-state index in [9.17, 15) is 18.8 Å². The van der Waals surface area contributed by atoms with Crippen LogP contribution in [-0.2, 0) is 16.2 Å². The summed E-state index contributed by atoms with van der Waals surface area (Å²) in [7, 11) is 0. The minimum absolute atomic E-state index is 0.112. The topological polar surface area (TPSA) is 93.1 Å². The number of thioether (sulfide) groups is 1. The monoisotopic (exact) mass is 509 g/mol. The summed E-state index contributed by atoms with van der Waals surface area (Å²) in [5, 5.41) is 8.23. The van der Waals surface area contributed by atoms with Crippen molar-refractivity contribution in [1.82, 2.24) is 4.90 Å². The van der Waals surface area contributed by atoms with Gasteiger partial charge in [0, 0.05) is 0 Å². The predicted molar refractivity (Wildman–Crippen MR) is 116 cm³/mol. The van der Waals surface area contributed by atoms with Crippen LogP contribution in [0.25, 0.3) is 6.08 Å². The minimum atomic E-state index is -1.27. The Kier molecular flexibility index (Phi) is 7.34. The quantitative estimate of drug-likeness (QED) is 0.516. The lowest BCUT2D eigenvalue weighted by Crippen LogP contribution is -2.33. The summed E-state index contributed by atoms with van der Waals surface area (Å²) in [6.07, 6.45) is 1.49. The average molecular weight is 510 g/mol. The fraction of sp³-hybridized carbons (Fsp3) is 0.190. The Hall–Kier alpha value is -2.85. The molecule has 0 unspecified atom stereocenters. The molecule has 0 saturated carbocycles. The summed E-state index contributed by atoms with van der Waals surface area (Å²) in [5.74, 6) is -1.43. The first-order valence-electron chi connectivity index (χ1n) is 9.09. The zero-order chi connectivity index (χ0) is 22.5. The minimum Gasteiger partial charge on any atom is -0.490 e. The maximum atomic E-state index is 13.1. The molecule has 2 aromatic rings. The van der Waals surface area contributed by atoms with Crippen molar-refractivity contribution in [2.24, 2.45) is 0 Å². The molecule has 3 rings (SSSR count). The maximum Gasteiger partial charge on any atom is 0.323 e. The first-order valence-corrected chi connectivity index (χ1v) is 10.7. The number of aliphatic carboxylic acids is 1. The lowest BCUT2D eigenvalue weighted by molar-refractivity contribution is -0.140. The molecule has 31 heavy (non-hydrogen) atoms. The van der Waals surface area contributed by atoms with E-state index in [0.717, 1.165) is 5.56 Å². The van der Waals surface area contributed by atoms with Gasteiger partial charge in [-0.3, -0.25) is 19.3 Å². The summed E-state index contributed by atoms with van der Waals surface area (Å²) in [4.78, 5) is 35.9. The SMILES string of the molecule is CCOc1cc(/C=C2/SC(=O)N(CC(=O)O)C2=O)cc(Br)c1OCc1ccc(F)cc1. The van der Waals surface area contributed by atoms with Gasteiger partial charge < -0.3 is 14.6 Å². The van der Waals surface area contributed by atoms with Crippen molar-refractivity contribution in [2.45, 2.75) is 13.5 Å². The van der Waals surface area contributed by atoms with Crippen LogP contribution >= 0.6 is 27.7 Å². The van der Waals surface area contributed by atoms with Gasteiger partial charge in [0.1, 0.15) is 19.0 Å². The van der Waals surface area contributed by atoms with Crippen LogP contribution in [0.2, 0.25) is 0 Å². The largest absolute Gasteiger partial charge is 0.490 e. The molecule has 0 atom stereocenters. The van der Waals surface area contributed by atoms with Crippen molar-refractivity contribution in [3.8, 4) is 11.5 Å². The van der Waals surface area contributed by atoms with Crippen molar-refractivity contribution in [1.29, 1.82) is 0 Å². The Morgan fingerprint density at radius 3 is 2.58 bits per heavy atom. The Morgan fingerprint density at radius 2 is 1.94 bits per heavy atom. The summed E-state index contributed by atoms with van der Waals surface area (Å²) in [6, 6.07) is 9.26. The van der Waals surface area contributed by atoms with Gasteiger partial charge in [0.2, 0.25) is 0 Å². The van der Waals surface area contributed by atoms with Gasteiger partial charge in [0.05, 0.1) is 16.0 Å². The molecule has 0 radical (unpaired) electrons. The molecular weight excluding hydrogens is 493 g/mol. The van der Waals surface area contributed by atoms with E-state index in [2.05, 4.69) is 15.9 Å². The summed E-state index contributed by atoms with van der Waals surface area (Å²) < 4.78 is 25.1. The van der Waals surface area contributed by atoms with Gasteiger partial charge in [-0.25, -0.2) is 4.39 Å². The molecule has 2 aromatic carbocycles. The molecule has 7 nitrogen and oxygen atoms in total. The fourth-order valence-electron chi connectivity index (χ4n) is 2.73. The number of ether oxygens (including phenoxy) is 2. The average Bonchev–Trinajstić information content (AvgIpc) is 2.96. The van der Waals surface area contributed by atoms with Crippen LogP contribution in [0.1, 0.15) is 18.1 Å². The lowest BCUT2D eigenvalue weighted by Gasteiger charge is -2.15. The van der Waals surface area contributed by atoms with E-state index in [1.54, 1.807) is 24.3 Å². The number of amides is 2. The van der Waals surface area contributed by atoms with Gasteiger partial charge in [0.25, 0.3) is 11.1 Å². The zero-order valence-electron chi connectivity index (χ0n) is 16.3. The van der Waals surface area contributed by atoms with Crippen LogP contribution in [0.15, 0.2) is 45.8 Å². The first kappa shape index (κ1) is 22.8. The number of benzene rings is 2. The van der Waals surface area contributed by atoms with E-state index in [-0.39, 0.29) is 17.3 Å². The Labute approximate surface area is 189 Å². The van der Waals surface area contributed by atoms with E-state index in [4.69, 9.17) is 14.6 Å². The molecular formula is C21H17BrFNO6S. The van der Waals surface area contributed by atoms with Crippen molar-refractivity contribution in [2.75, 3.05) is 13.2 Å². The van der Waals surface area contributed by atoms with Gasteiger partial charge in [-0.15, -0.1) is 0 Å². The van der Waals surface area contributed by atoms with Crippen LogP contribution < -0.4 is 9.47 Å². The number of carbonyl (C=O) groups excluding carboxylic acids is 2. The molecule has 10 heteroatoms. The summed E-state index contributed by atoms with van der Waals surface area (Å²) >= 11 is 4.11. The van der Waals surface area contributed by atoms with Crippen molar-refractivity contribution < 1.29 is 33.4 Å². The van der Waals surface area contributed by atoms with Crippen LogP contribution in [-0.4, -0.2) is 40.3 Å². The van der Waals surface area contributed by atoms with E-state index in [1.165, 1.54) is 18.2 Å². The Morgan fingerprint density at radius 1 is 1.23 bits per heavy atom. The number of rotatable bonds is 8. The zero-order valence-corrected chi connectivity index (χ0v) is 18.7. The highest BCUT2D eigenvalue weighted by Gasteiger charge is 2.36. The molecule has 1 saturated heterocycles. The highest BCUT2D eigenvalue weighted by molar-refractivity contribution is 9.10. The molecule has 1 N–H and O–H groups in total. The number of hydrogen-bond donors (Lipinski definition) is 1. The Bertz CT molecular complexity index is 1060. The van der Waals surface area contributed by atoms with Crippen molar-refractivity contribution in [3.63, 3.8) is 0 Å². The highest BCUT2D eigenvalue weighted by atomic mass is 79.9. The van der Waals surface area contributed by atoms with Crippen LogP contribution in [0.4, 0.5) is 9.18 Å². The van der Waals surface area contributed by atoms with Crippen LogP contribution in [0.3, 0.4) is 0 Å². The highest BCUT2D eigenvalue weighted by Crippen LogP contribution is 2.39. The number of imide groups is 1. The van der Waals surface area contributed by atoms with Crippen LogP contribution in [0, 0.1) is 5.82 Å². The van der Waals surface area contributed by atoms with Gasteiger partial charge in [0.15, 0.2) is 11.5 Å². The number of carbonyl (C=O) groups is 3. The molecule has 0 spiro atoms. The third-order valence-corrected chi connectivity index (χ3v) is 5.59. The smallest absolute Gasteiger partial charge is 0.323 e. The fourth-order valence-corrected chi connectivity index (χ4v) is 4.15. The molecule has 0 aromatic heterocycles. The standard InChI is InChI=1S/C21H17BrFNO6S/c1-2-29-16-8-13(9-17-20(27)24(10-18(25)26)21(28)31-17)7-15(22)19(16)30-11-12-3-5-14(23)6-4-12/h3-9H,2,10-11H2,1H3,(H,25,26)/b17-9+. The number of carboxylic acid groups (broad SMARTS) is 1. The van der Waals surface area contributed by atoms with Gasteiger partial charge in [-0.05, 0) is 76.1 Å². The molecule has 1 aliphatic heterocycles. The lowest BCUT2D eigenvalue weighted by atomic mass is 10.1. The summed E-state index contributed by atoms with van der Waals surface area (Å²) in [5.41, 5.74) is 1.33. The molecule has 2 amide bonds.